The van der Waals surface area contributed by atoms with E-state index < -0.39 is 11.9 Å². The molecule has 164 valence electrons. The van der Waals surface area contributed by atoms with E-state index in [0.29, 0.717) is 25.9 Å². The van der Waals surface area contributed by atoms with Crippen molar-refractivity contribution < 1.29 is 18.7 Å². The van der Waals surface area contributed by atoms with Crippen molar-refractivity contribution in [2.45, 2.75) is 30.8 Å². The highest BCUT2D eigenvalue weighted by atomic mass is 79.9. The summed E-state index contributed by atoms with van der Waals surface area (Å²) < 4.78 is 11.6. The second-order valence-corrected chi connectivity index (χ2v) is 9.66. The number of carbonyl (C=O) groups excluding carboxylic acids is 2. The molecule has 0 radical (unpaired) electrons. The second-order valence-electron chi connectivity index (χ2n) is 6.53. The van der Waals surface area contributed by atoms with Crippen LogP contribution in [-0.4, -0.2) is 18.5 Å². The number of aryl methyl sites for hydroxylation is 1. The minimum atomic E-state index is -0.635. The van der Waals surface area contributed by atoms with E-state index in [1.165, 1.54) is 29.2 Å². The van der Waals surface area contributed by atoms with Crippen molar-refractivity contribution in [1.82, 2.24) is 0 Å². The molecule has 0 aliphatic carbocycles. The van der Waals surface area contributed by atoms with Gasteiger partial charge in [-0.2, -0.15) is 5.26 Å². The molecule has 9 heteroatoms. The highest BCUT2D eigenvalue weighted by Gasteiger charge is 2.23. The van der Waals surface area contributed by atoms with Gasteiger partial charge in [-0.15, -0.1) is 11.3 Å². The quantitative estimate of drug-likeness (QED) is 0.210. The number of carbonyl (C=O) groups is 2. The first-order valence-corrected chi connectivity index (χ1v) is 12.0. The van der Waals surface area contributed by atoms with E-state index in [0.717, 1.165) is 15.3 Å². The standard InChI is InChI=1S/C23H19BrN2O4S2/c1-4-29-22(28)19-13(2)14(3)31-21(19)26-20(27)15(12-25)10-16-11-18(24)23(30-16)32-17-8-6-5-7-9-17/h5-11H,4H2,1-3H3,(H,26,27)/b15-10+. The smallest absolute Gasteiger partial charge is 0.341 e. The maximum Gasteiger partial charge on any atom is 0.341 e. The minimum absolute atomic E-state index is 0.152. The van der Waals surface area contributed by atoms with E-state index in [-0.39, 0.29) is 12.2 Å². The molecule has 0 fully saturated rings. The van der Waals surface area contributed by atoms with Crippen LogP contribution < -0.4 is 5.32 Å². The zero-order valence-corrected chi connectivity index (χ0v) is 20.7. The molecule has 3 rings (SSSR count). The van der Waals surface area contributed by atoms with Gasteiger partial charge in [0, 0.05) is 15.8 Å². The maximum absolute atomic E-state index is 12.8. The molecular formula is C23H19BrN2O4S2. The number of halogens is 1. The number of nitrogens with one attached hydrogen (secondary N) is 1. The molecule has 1 amide bonds. The fourth-order valence-corrected chi connectivity index (χ4v) is 5.13. The van der Waals surface area contributed by atoms with Gasteiger partial charge in [0.2, 0.25) is 0 Å². The van der Waals surface area contributed by atoms with Crippen LogP contribution in [0.4, 0.5) is 5.00 Å². The molecular weight excluding hydrogens is 512 g/mol. The Morgan fingerprint density at radius 3 is 2.69 bits per heavy atom. The molecule has 0 saturated carbocycles. The lowest BCUT2D eigenvalue weighted by molar-refractivity contribution is -0.112. The van der Waals surface area contributed by atoms with Crippen LogP contribution in [0.2, 0.25) is 0 Å². The number of nitrogens with zero attached hydrogens (tertiary/aromatic N) is 1. The summed E-state index contributed by atoms with van der Waals surface area (Å²) in [6, 6.07) is 13.3. The van der Waals surface area contributed by atoms with Gasteiger partial charge in [-0.25, -0.2) is 4.79 Å². The van der Waals surface area contributed by atoms with E-state index in [1.54, 1.807) is 19.9 Å². The van der Waals surface area contributed by atoms with Crippen LogP contribution in [0.1, 0.15) is 33.5 Å². The SMILES string of the molecule is CCOC(=O)c1c(NC(=O)/C(C#N)=C/c2cc(Br)c(Sc3ccccc3)o2)sc(C)c1C. The number of benzene rings is 1. The summed E-state index contributed by atoms with van der Waals surface area (Å²) in [4.78, 5) is 27.0. The van der Waals surface area contributed by atoms with Crippen LogP contribution in [-0.2, 0) is 9.53 Å². The molecule has 0 atom stereocenters. The van der Waals surface area contributed by atoms with Gasteiger partial charge in [-0.1, -0.05) is 30.0 Å². The number of furan rings is 1. The van der Waals surface area contributed by atoms with Gasteiger partial charge in [0.05, 0.1) is 16.6 Å². The van der Waals surface area contributed by atoms with Gasteiger partial charge in [0.1, 0.15) is 22.4 Å². The summed E-state index contributed by atoms with van der Waals surface area (Å²) in [7, 11) is 0. The molecule has 3 aromatic rings. The molecule has 2 heterocycles. The Bertz CT molecular complexity index is 1220. The molecule has 1 N–H and O–H groups in total. The molecule has 0 unspecified atom stereocenters. The van der Waals surface area contributed by atoms with Crippen molar-refractivity contribution in [2.24, 2.45) is 0 Å². The van der Waals surface area contributed by atoms with Crippen molar-refractivity contribution >= 4 is 62.0 Å². The summed E-state index contributed by atoms with van der Waals surface area (Å²) in [6.45, 7) is 5.58. The Morgan fingerprint density at radius 2 is 2.03 bits per heavy atom. The molecule has 32 heavy (non-hydrogen) atoms. The molecule has 6 nitrogen and oxygen atoms in total. The van der Waals surface area contributed by atoms with Gasteiger partial charge in [-0.05, 0) is 60.5 Å². The molecule has 1 aromatic carbocycles. The summed E-state index contributed by atoms with van der Waals surface area (Å²) >= 11 is 6.13. The third-order valence-electron chi connectivity index (χ3n) is 4.37. The van der Waals surface area contributed by atoms with E-state index in [9.17, 15) is 14.9 Å². The van der Waals surface area contributed by atoms with Gasteiger partial charge >= 0.3 is 5.97 Å². The van der Waals surface area contributed by atoms with Gasteiger partial charge in [-0.3, -0.25) is 4.79 Å². The van der Waals surface area contributed by atoms with Crippen molar-refractivity contribution in [3.63, 3.8) is 0 Å². The second kappa shape index (κ2) is 10.7. The Hall–Kier alpha value is -2.80. The summed E-state index contributed by atoms with van der Waals surface area (Å²) in [5.74, 6) is -0.792. The van der Waals surface area contributed by atoms with Crippen LogP contribution in [0, 0.1) is 25.2 Å². The summed E-state index contributed by atoms with van der Waals surface area (Å²) in [5.41, 5.74) is 0.895. The van der Waals surface area contributed by atoms with Crippen LogP contribution in [0.15, 0.2) is 60.8 Å². The molecule has 0 aliphatic heterocycles. The third-order valence-corrected chi connectivity index (χ3v) is 7.34. The van der Waals surface area contributed by atoms with Crippen LogP contribution in [0.25, 0.3) is 6.08 Å². The topological polar surface area (TPSA) is 92.3 Å². The lowest BCUT2D eigenvalue weighted by Gasteiger charge is -2.06. The average molecular weight is 531 g/mol. The number of ether oxygens (including phenoxy) is 1. The highest BCUT2D eigenvalue weighted by molar-refractivity contribution is 9.10. The molecule has 0 spiro atoms. The van der Waals surface area contributed by atoms with Crippen molar-refractivity contribution in [3.8, 4) is 6.07 Å². The largest absolute Gasteiger partial charge is 0.462 e. The average Bonchev–Trinajstić information content (AvgIpc) is 3.25. The zero-order chi connectivity index (χ0) is 23.3. The van der Waals surface area contributed by atoms with Crippen molar-refractivity contribution in [2.75, 3.05) is 11.9 Å². The highest BCUT2D eigenvalue weighted by Crippen LogP contribution is 2.37. The van der Waals surface area contributed by atoms with Gasteiger partial charge in [0.25, 0.3) is 5.91 Å². The normalized spacial score (nSPS) is 11.2. The zero-order valence-electron chi connectivity index (χ0n) is 17.5. The number of nitriles is 1. The predicted molar refractivity (Wildman–Crippen MR) is 129 cm³/mol. The van der Waals surface area contributed by atoms with Gasteiger partial charge < -0.3 is 14.5 Å². The van der Waals surface area contributed by atoms with Crippen molar-refractivity contribution in [1.29, 1.82) is 5.26 Å². The van der Waals surface area contributed by atoms with Crippen LogP contribution in [0.3, 0.4) is 0 Å². The summed E-state index contributed by atoms with van der Waals surface area (Å²) in [5, 5.41) is 13.2. The van der Waals surface area contributed by atoms with E-state index in [1.807, 2.05) is 43.3 Å². The fourth-order valence-electron chi connectivity index (χ4n) is 2.73. The number of anilines is 1. The van der Waals surface area contributed by atoms with E-state index in [4.69, 9.17) is 9.15 Å². The monoisotopic (exact) mass is 530 g/mol. The Morgan fingerprint density at radius 1 is 1.31 bits per heavy atom. The Kier molecular flexibility index (Phi) is 7.96. The summed E-state index contributed by atoms with van der Waals surface area (Å²) in [6.07, 6.45) is 1.37. The molecule has 2 aromatic heterocycles. The number of esters is 1. The lowest BCUT2D eigenvalue weighted by atomic mass is 10.1. The number of rotatable bonds is 7. The van der Waals surface area contributed by atoms with Crippen molar-refractivity contribution in [3.05, 3.63) is 68.2 Å². The molecule has 0 saturated heterocycles. The number of thiophene rings is 1. The van der Waals surface area contributed by atoms with Gasteiger partial charge in [0.15, 0.2) is 5.09 Å². The lowest BCUT2D eigenvalue weighted by Crippen LogP contribution is -2.16. The predicted octanol–water partition coefficient (Wildman–Crippen LogP) is 6.59. The van der Waals surface area contributed by atoms with E-state index in [2.05, 4.69) is 21.2 Å². The number of hydrogen-bond donors (Lipinski definition) is 1. The van der Waals surface area contributed by atoms with Crippen LogP contribution in [0.5, 0.6) is 0 Å². The Labute approximate surface area is 202 Å². The first-order chi connectivity index (χ1) is 15.3. The van der Waals surface area contributed by atoms with Crippen LogP contribution >= 0.6 is 39.0 Å². The number of amides is 1. The third kappa shape index (κ3) is 5.51. The minimum Gasteiger partial charge on any atom is -0.462 e. The Balaban J connectivity index is 1.83. The fraction of sp³-hybridized carbons (Fsp3) is 0.174. The molecule has 0 bridgehead atoms. The molecule has 0 aliphatic rings. The first-order valence-electron chi connectivity index (χ1n) is 9.56. The first kappa shape index (κ1) is 23.9. The van der Waals surface area contributed by atoms with E-state index >= 15 is 0 Å². The number of hydrogen-bond acceptors (Lipinski definition) is 7. The maximum atomic E-state index is 12.8.